The summed E-state index contributed by atoms with van der Waals surface area (Å²) >= 11 is 0. The number of hydrogen-bond donors (Lipinski definition) is 1. The summed E-state index contributed by atoms with van der Waals surface area (Å²) in [5.41, 5.74) is 0.456. The van der Waals surface area contributed by atoms with Crippen molar-refractivity contribution in [3.63, 3.8) is 0 Å². The van der Waals surface area contributed by atoms with Crippen LogP contribution in [0.25, 0.3) is 0 Å². The van der Waals surface area contributed by atoms with Crippen molar-refractivity contribution in [3.05, 3.63) is 29.8 Å². The third kappa shape index (κ3) is 3.96. The van der Waals surface area contributed by atoms with E-state index < -0.39 is 15.3 Å². The van der Waals surface area contributed by atoms with Crippen LogP contribution < -0.4 is 5.32 Å². The Morgan fingerprint density at radius 1 is 1.19 bits per heavy atom. The van der Waals surface area contributed by atoms with Gasteiger partial charge in [0, 0.05) is 18.8 Å². The van der Waals surface area contributed by atoms with E-state index in [9.17, 15) is 13.2 Å². The maximum absolute atomic E-state index is 12.9. The molecule has 1 saturated heterocycles. The highest BCUT2D eigenvalue weighted by atomic mass is 32.2. The summed E-state index contributed by atoms with van der Waals surface area (Å²) in [5.74, 6) is 0.0920. The van der Waals surface area contributed by atoms with Gasteiger partial charge in [-0.1, -0.05) is 25.0 Å². The molecule has 1 saturated carbocycles. The fourth-order valence-electron chi connectivity index (χ4n) is 4.23. The van der Waals surface area contributed by atoms with Gasteiger partial charge in [0.15, 0.2) is 9.84 Å². The van der Waals surface area contributed by atoms with Crippen molar-refractivity contribution >= 4 is 15.7 Å². The lowest BCUT2D eigenvalue weighted by Crippen LogP contribution is -2.50. The SMILES string of the molecule is CN1CCCC[C@@H]1CCNC(=O)C1(c2ccc(S(C)(=O)=O)cc2)CCC1. The molecule has 1 aromatic rings. The average molecular weight is 379 g/mol. The first-order chi connectivity index (χ1) is 12.3. The van der Waals surface area contributed by atoms with Gasteiger partial charge in [0.2, 0.25) is 5.91 Å². The lowest BCUT2D eigenvalue weighted by atomic mass is 9.64. The number of rotatable bonds is 6. The van der Waals surface area contributed by atoms with Crippen LogP contribution in [-0.2, 0) is 20.0 Å². The number of carbonyl (C=O) groups is 1. The maximum Gasteiger partial charge on any atom is 0.230 e. The molecule has 0 bridgehead atoms. The molecule has 0 spiro atoms. The fraction of sp³-hybridized carbons (Fsp3) is 0.650. The van der Waals surface area contributed by atoms with E-state index >= 15 is 0 Å². The molecular weight excluding hydrogens is 348 g/mol. The summed E-state index contributed by atoms with van der Waals surface area (Å²) in [4.78, 5) is 15.6. The van der Waals surface area contributed by atoms with E-state index in [1.807, 2.05) is 12.1 Å². The molecule has 1 heterocycles. The molecule has 2 fully saturated rings. The van der Waals surface area contributed by atoms with Crippen molar-refractivity contribution in [3.8, 4) is 0 Å². The van der Waals surface area contributed by atoms with Gasteiger partial charge in [-0.3, -0.25) is 4.79 Å². The molecule has 0 aromatic heterocycles. The van der Waals surface area contributed by atoms with Crippen LogP contribution in [0.15, 0.2) is 29.2 Å². The number of piperidine rings is 1. The first-order valence-corrected chi connectivity index (χ1v) is 11.5. The summed E-state index contributed by atoms with van der Waals surface area (Å²) < 4.78 is 23.3. The van der Waals surface area contributed by atoms with E-state index in [0.29, 0.717) is 17.5 Å². The molecule has 2 aliphatic rings. The van der Waals surface area contributed by atoms with Gasteiger partial charge >= 0.3 is 0 Å². The third-order valence-corrected chi connectivity index (χ3v) is 7.29. The second-order valence-corrected chi connectivity index (χ2v) is 9.92. The minimum absolute atomic E-state index is 0.0920. The number of amides is 1. The highest BCUT2D eigenvalue weighted by Crippen LogP contribution is 2.44. The van der Waals surface area contributed by atoms with Crippen LogP contribution in [0.2, 0.25) is 0 Å². The summed E-state index contributed by atoms with van der Waals surface area (Å²) in [5, 5.41) is 3.15. The molecule has 3 rings (SSSR count). The Kier molecular flexibility index (Phi) is 5.72. The van der Waals surface area contributed by atoms with E-state index in [1.165, 1.54) is 25.5 Å². The number of carbonyl (C=O) groups excluding carboxylic acids is 1. The monoisotopic (exact) mass is 378 g/mol. The van der Waals surface area contributed by atoms with Crippen molar-refractivity contribution < 1.29 is 13.2 Å². The van der Waals surface area contributed by atoms with E-state index in [0.717, 1.165) is 37.8 Å². The predicted molar refractivity (Wildman–Crippen MR) is 103 cm³/mol. The van der Waals surface area contributed by atoms with Crippen molar-refractivity contribution in [2.45, 2.75) is 61.3 Å². The Balaban J connectivity index is 1.62. The van der Waals surface area contributed by atoms with Gasteiger partial charge in [0.1, 0.15) is 0 Å². The highest BCUT2D eigenvalue weighted by Gasteiger charge is 2.45. The largest absolute Gasteiger partial charge is 0.355 e. The normalized spacial score (nSPS) is 23.2. The lowest BCUT2D eigenvalue weighted by Gasteiger charge is -2.41. The molecule has 144 valence electrons. The number of likely N-dealkylation sites (tertiary alicyclic amines) is 1. The molecular formula is C20H30N2O3S. The number of benzene rings is 1. The predicted octanol–water partition coefficient (Wildman–Crippen LogP) is 2.50. The van der Waals surface area contributed by atoms with Crippen LogP contribution in [0.4, 0.5) is 0 Å². The Hall–Kier alpha value is -1.40. The topological polar surface area (TPSA) is 66.5 Å². The van der Waals surface area contributed by atoms with Crippen LogP contribution in [0.5, 0.6) is 0 Å². The van der Waals surface area contributed by atoms with E-state index in [4.69, 9.17) is 0 Å². The Bertz CT molecular complexity index is 739. The molecule has 1 aliphatic carbocycles. The van der Waals surface area contributed by atoms with Gasteiger partial charge < -0.3 is 10.2 Å². The van der Waals surface area contributed by atoms with Gasteiger partial charge in [-0.2, -0.15) is 0 Å². The standard InChI is InChI=1S/C20H30N2O3S/c1-22-15-4-3-6-17(22)11-14-21-19(23)20(12-5-13-20)16-7-9-18(10-8-16)26(2,24)25/h7-10,17H,3-6,11-15H2,1-2H3,(H,21,23)/t17-/m1/s1. The Morgan fingerprint density at radius 3 is 2.42 bits per heavy atom. The van der Waals surface area contributed by atoms with Crippen molar-refractivity contribution in [2.75, 3.05) is 26.4 Å². The molecule has 0 unspecified atom stereocenters. The smallest absolute Gasteiger partial charge is 0.230 e. The lowest BCUT2D eigenvalue weighted by molar-refractivity contribution is -0.130. The molecule has 1 atom stereocenters. The number of sulfone groups is 1. The molecule has 6 heteroatoms. The van der Waals surface area contributed by atoms with E-state index in [2.05, 4.69) is 17.3 Å². The molecule has 1 aromatic carbocycles. The second-order valence-electron chi connectivity index (χ2n) is 7.91. The van der Waals surface area contributed by atoms with Gasteiger partial charge in [-0.05, 0) is 63.4 Å². The van der Waals surface area contributed by atoms with Crippen molar-refractivity contribution in [1.29, 1.82) is 0 Å². The number of nitrogens with one attached hydrogen (secondary N) is 1. The third-order valence-electron chi connectivity index (χ3n) is 6.16. The molecule has 1 N–H and O–H groups in total. The molecule has 26 heavy (non-hydrogen) atoms. The van der Waals surface area contributed by atoms with Crippen LogP contribution in [0, 0.1) is 0 Å². The zero-order valence-electron chi connectivity index (χ0n) is 15.8. The van der Waals surface area contributed by atoms with Crippen LogP contribution in [-0.4, -0.2) is 51.7 Å². The first kappa shape index (κ1) is 19.4. The van der Waals surface area contributed by atoms with Gasteiger partial charge in [0.05, 0.1) is 10.3 Å². The van der Waals surface area contributed by atoms with E-state index in [-0.39, 0.29) is 5.91 Å². The molecule has 1 amide bonds. The summed E-state index contributed by atoms with van der Waals surface area (Å²) in [6.07, 6.45) is 8.66. The summed E-state index contributed by atoms with van der Waals surface area (Å²) in [6.45, 7) is 1.85. The highest BCUT2D eigenvalue weighted by molar-refractivity contribution is 7.90. The molecule has 1 aliphatic heterocycles. The first-order valence-electron chi connectivity index (χ1n) is 9.62. The van der Waals surface area contributed by atoms with Gasteiger partial charge in [0.25, 0.3) is 0 Å². The molecule has 5 nitrogen and oxygen atoms in total. The summed E-state index contributed by atoms with van der Waals surface area (Å²) in [7, 11) is -1.04. The minimum atomic E-state index is -3.21. The van der Waals surface area contributed by atoms with E-state index in [1.54, 1.807) is 12.1 Å². The Morgan fingerprint density at radius 2 is 1.88 bits per heavy atom. The maximum atomic E-state index is 12.9. The number of nitrogens with zero attached hydrogens (tertiary/aromatic N) is 1. The quantitative estimate of drug-likeness (QED) is 0.826. The molecule has 0 radical (unpaired) electrons. The zero-order chi connectivity index (χ0) is 18.8. The van der Waals surface area contributed by atoms with Gasteiger partial charge in [-0.15, -0.1) is 0 Å². The minimum Gasteiger partial charge on any atom is -0.355 e. The summed E-state index contributed by atoms with van der Waals surface area (Å²) in [6, 6.07) is 7.42. The van der Waals surface area contributed by atoms with Crippen molar-refractivity contribution in [2.24, 2.45) is 0 Å². The number of hydrogen-bond acceptors (Lipinski definition) is 4. The second kappa shape index (κ2) is 7.69. The van der Waals surface area contributed by atoms with Gasteiger partial charge in [-0.25, -0.2) is 8.42 Å². The Labute approximate surface area is 157 Å². The van der Waals surface area contributed by atoms with Crippen LogP contribution >= 0.6 is 0 Å². The van der Waals surface area contributed by atoms with Crippen LogP contribution in [0.3, 0.4) is 0 Å². The van der Waals surface area contributed by atoms with Crippen molar-refractivity contribution in [1.82, 2.24) is 10.2 Å². The fourth-order valence-corrected chi connectivity index (χ4v) is 4.86. The zero-order valence-corrected chi connectivity index (χ0v) is 16.6. The van der Waals surface area contributed by atoms with Crippen LogP contribution in [0.1, 0.15) is 50.5 Å². The average Bonchev–Trinajstić information content (AvgIpc) is 2.55.